The van der Waals surface area contributed by atoms with E-state index in [9.17, 15) is 0 Å². The van der Waals surface area contributed by atoms with Gasteiger partial charge in [-0.25, -0.2) is 0 Å². The monoisotopic (exact) mass is 255 g/mol. The quantitative estimate of drug-likeness (QED) is 0.608. The molecular weight excluding hydrogens is 238 g/mol. The highest BCUT2D eigenvalue weighted by molar-refractivity contribution is 9.09. The van der Waals surface area contributed by atoms with E-state index in [4.69, 9.17) is 0 Å². The maximum Gasteiger partial charge on any atom is 0.0205 e. The molecule has 78 valence electrons. The molecule has 0 fully saturated rings. The molecule has 2 heteroatoms. The Balaban J connectivity index is 2.15. The van der Waals surface area contributed by atoms with E-state index in [-0.39, 0.29) is 0 Å². The Hall–Kier alpha value is -0.340. The highest BCUT2D eigenvalue weighted by Crippen LogP contribution is 2.02. The molecule has 0 aliphatic heterocycles. The van der Waals surface area contributed by atoms with Crippen LogP contribution in [0.2, 0.25) is 0 Å². The van der Waals surface area contributed by atoms with Crippen LogP contribution in [-0.2, 0) is 6.54 Å². The van der Waals surface area contributed by atoms with Gasteiger partial charge in [-0.15, -0.1) is 0 Å². The zero-order valence-corrected chi connectivity index (χ0v) is 10.3. The number of rotatable bonds is 6. The lowest BCUT2D eigenvalue weighted by Gasteiger charge is -2.04. The molecule has 1 aromatic carbocycles. The predicted octanol–water partition coefficient (Wildman–Crippen LogP) is 3.26. The van der Waals surface area contributed by atoms with Crippen molar-refractivity contribution in [3.63, 3.8) is 0 Å². The summed E-state index contributed by atoms with van der Waals surface area (Å²) in [5.74, 6) is 0. The second-order valence-corrected chi connectivity index (χ2v) is 4.35. The number of benzene rings is 1. The Morgan fingerprint density at radius 3 is 2.50 bits per heavy atom. The molecule has 0 spiro atoms. The first-order valence-corrected chi connectivity index (χ1v) is 6.27. The molecule has 0 atom stereocenters. The fourth-order valence-corrected chi connectivity index (χ4v) is 1.68. The second-order valence-electron chi connectivity index (χ2n) is 3.56. The van der Waals surface area contributed by atoms with E-state index < -0.39 is 0 Å². The summed E-state index contributed by atoms with van der Waals surface area (Å²) in [5, 5.41) is 4.55. The summed E-state index contributed by atoms with van der Waals surface area (Å²) in [5.41, 5.74) is 2.70. The molecule has 1 nitrogen and oxygen atoms in total. The number of hydrogen-bond acceptors (Lipinski definition) is 1. The second kappa shape index (κ2) is 7.02. The lowest BCUT2D eigenvalue weighted by atomic mass is 10.1. The van der Waals surface area contributed by atoms with E-state index in [1.165, 1.54) is 24.0 Å². The smallest absolute Gasteiger partial charge is 0.0205 e. The molecule has 1 aromatic rings. The first-order chi connectivity index (χ1) is 6.83. The van der Waals surface area contributed by atoms with Crippen LogP contribution < -0.4 is 5.32 Å². The van der Waals surface area contributed by atoms with E-state index in [0.717, 1.165) is 18.4 Å². The molecule has 14 heavy (non-hydrogen) atoms. The van der Waals surface area contributed by atoms with Gasteiger partial charge in [0.1, 0.15) is 0 Å². The van der Waals surface area contributed by atoms with Gasteiger partial charge in [-0.3, -0.25) is 0 Å². The number of hydrogen-bond donors (Lipinski definition) is 1. The first kappa shape index (κ1) is 11.7. The van der Waals surface area contributed by atoms with Crippen LogP contribution in [0.3, 0.4) is 0 Å². The molecule has 0 saturated heterocycles. The third kappa shape index (κ3) is 4.77. The third-order valence-electron chi connectivity index (χ3n) is 2.19. The molecule has 0 aliphatic carbocycles. The summed E-state index contributed by atoms with van der Waals surface area (Å²) in [4.78, 5) is 0. The average molecular weight is 256 g/mol. The minimum Gasteiger partial charge on any atom is -0.313 e. The van der Waals surface area contributed by atoms with Gasteiger partial charge < -0.3 is 5.32 Å². The Labute approximate surface area is 95.0 Å². The van der Waals surface area contributed by atoms with Crippen molar-refractivity contribution in [2.24, 2.45) is 0 Å². The van der Waals surface area contributed by atoms with Crippen LogP contribution in [0, 0.1) is 6.92 Å². The van der Waals surface area contributed by atoms with Crippen molar-refractivity contribution in [1.82, 2.24) is 5.32 Å². The molecule has 0 bridgehead atoms. The molecule has 0 amide bonds. The minimum absolute atomic E-state index is 0.989. The van der Waals surface area contributed by atoms with Gasteiger partial charge in [0.2, 0.25) is 0 Å². The van der Waals surface area contributed by atoms with Crippen molar-refractivity contribution in [3.05, 3.63) is 35.4 Å². The average Bonchev–Trinajstić information content (AvgIpc) is 2.21. The molecule has 0 saturated carbocycles. The molecule has 1 N–H and O–H groups in total. The Kier molecular flexibility index (Phi) is 5.88. The van der Waals surface area contributed by atoms with Crippen LogP contribution in [0.25, 0.3) is 0 Å². The summed E-state index contributed by atoms with van der Waals surface area (Å²) >= 11 is 3.43. The molecule has 0 aliphatic rings. The van der Waals surface area contributed by atoms with E-state index in [1.54, 1.807) is 0 Å². The van der Waals surface area contributed by atoms with Crippen LogP contribution in [0.1, 0.15) is 24.0 Å². The van der Waals surface area contributed by atoms with E-state index in [1.807, 2.05) is 0 Å². The van der Waals surface area contributed by atoms with E-state index >= 15 is 0 Å². The summed E-state index contributed by atoms with van der Waals surface area (Å²) < 4.78 is 0. The normalized spacial score (nSPS) is 10.4. The lowest BCUT2D eigenvalue weighted by Crippen LogP contribution is -2.14. The minimum atomic E-state index is 0.989. The van der Waals surface area contributed by atoms with Gasteiger partial charge in [0.15, 0.2) is 0 Å². The van der Waals surface area contributed by atoms with Gasteiger partial charge in [-0.2, -0.15) is 0 Å². The van der Waals surface area contributed by atoms with Gasteiger partial charge in [0.25, 0.3) is 0 Å². The Morgan fingerprint density at radius 1 is 1.14 bits per heavy atom. The number of alkyl halides is 1. The summed E-state index contributed by atoms with van der Waals surface area (Å²) in [6, 6.07) is 8.70. The van der Waals surface area contributed by atoms with Crippen molar-refractivity contribution in [2.45, 2.75) is 26.3 Å². The van der Waals surface area contributed by atoms with E-state index in [2.05, 4.69) is 52.4 Å². The zero-order chi connectivity index (χ0) is 10.2. The van der Waals surface area contributed by atoms with Gasteiger partial charge >= 0.3 is 0 Å². The summed E-state index contributed by atoms with van der Waals surface area (Å²) in [6.45, 7) is 4.22. The molecule has 1 rings (SSSR count). The van der Waals surface area contributed by atoms with Crippen LogP contribution in [-0.4, -0.2) is 11.9 Å². The standard InChI is InChI=1S/C12H18BrN/c1-11-4-6-12(7-5-11)10-14-9-3-2-8-13/h4-7,14H,2-3,8-10H2,1H3. The van der Waals surface area contributed by atoms with Crippen molar-refractivity contribution >= 4 is 15.9 Å². The Bertz CT molecular complexity index is 243. The SMILES string of the molecule is Cc1ccc(CNCCCCBr)cc1. The van der Waals surface area contributed by atoms with Gasteiger partial charge in [-0.05, 0) is 31.9 Å². The maximum atomic E-state index is 3.44. The van der Waals surface area contributed by atoms with Crippen molar-refractivity contribution < 1.29 is 0 Å². The fourth-order valence-electron chi connectivity index (χ4n) is 1.28. The Morgan fingerprint density at radius 2 is 1.86 bits per heavy atom. The number of halogens is 1. The van der Waals surface area contributed by atoms with Gasteiger partial charge in [0.05, 0.1) is 0 Å². The molecule has 0 heterocycles. The summed E-state index contributed by atoms with van der Waals surface area (Å²) in [7, 11) is 0. The largest absolute Gasteiger partial charge is 0.313 e. The van der Waals surface area contributed by atoms with Crippen molar-refractivity contribution in [1.29, 1.82) is 0 Å². The molecular formula is C12H18BrN. The molecule has 0 unspecified atom stereocenters. The zero-order valence-electron chi connectivity index (χ0n) is 8.72. The molecule has 0 radical (unpaired) electrons. The van der Waals surface area contributed by atoms with Crippen molar-refractivity contribution in [2.75, 3.05) is 11.9 Å². The highest BCUT2D eigenvalue weighted by atomic mass is 79.9. The van der Waals surface area contributed by atoms with Gasteiger partial charge in [0, 0.05) is 11.9 Å². The van der Waals surface area contributed by atoms with Crippen LogP contribution in [0.4, 0.5) is 0 Å². The topological polar surface area (TPSA) is 12.0 Å². The lowest BCUT2D eigenvalue weighted by molar-refractivity contribution is 0.644. The fraction of sp³-hybridized carbons (Fsp3) is 0.500. The maximum absolute atomic E-state index is 3.44. The predicted molar refractivity (Wildman–Crippen MR) is 65.9 cm³/mol. The number of unbranched alkanes of at least 4 members (excludes halogenated alkanes) is 1. The first-order valence-electron chi connectivity index (χ1n) is 5.15. The van der Waals surface area contributed by atoms with E-state index in [0.29, 0.717) is 0 Å². The number of aryl methyl sites for hydroxylation is 1. The summed E-state index contributed by atoms with van der Waals surface area (Å²) in [6.07, 6.45) is 2.50. The van der Waals surface area contributed by atoms with Crippen molar-refractivity contribution in [3.8, 4) is 0 Å². The highest BCUT2D eigenvalue weighted by Gasteiger charge is 1.91. The van der Waals surface area contributed by atoms with Gasteiger partial charge in [-0.1, -0.05) is 45.8 Å². The molecule has 0 aromatic heterocycles. The number of nitrogens with one attached hydrogen (secondary N) is 1. The van der Waals surface area contributed by atoms with Crippen LogP contribution in [0.5, 0.6) is 0 Å². The van der Waals surface area contributed by atoms with Crippen LogP contribution in [0.15, 0.2) is 24.3 Å². The third-order valence-corrected chi connectivity index (χ3v) is 2.75. The van der Waals surface area contributed by atoms with Crippen LogP contribution >= 0.6 is 15.9 Å².